The molecule has 1 saturated carbocycles. The van der Waals surface area contributed by atoms with Crippen molar-refractivity contribution in [3.05, 3.63) is 77.3 Å². The molecule has 0 spiro atoms. The first-order valence-corrected chi connectivity index (χ1v) is 13.1. The Morgan fingerprint density at radius 2 is 1.76 bits per heavy atom. The van der Waals surface area contributed by atoms with Gasteiger partial charge in [-0.25, -0.2) is 8.42 Å². The highest BCUT2D eigenvalue weighted by atomic mass is 35.5. The van der Waals surface area contributed by atoms with E-state index < -0.39 is 10.0 Å². The average Bonchev–Trinajstić information content (AvgIpc) is 3.38. The summed E-state index contributed by atoms with van der Waals surface area (Å²) in [6, 6.07) is 13.6. The summed E-state index contributed by atoms with van der Waals surface area (Å²) in [6.45, 7) is 4.81. The topological polar surface area (TPSA) is 95.6 Å². The van der Waals surface area contributed by atoms with Crippen molar-refractivity contribution in [2.45, 2.75) is 30.2 Å². The van der Waals surface area contributed by atoms with Gasteiger partial charge in [0.25, 0.3) is 5.91 Å². The molecule has 2 aromatic carbocycles. The Hall–Kier alpha value is -2.68. The van der Waals surface area contributed by atoms with Crippen LogP contribution in [0.2, 0.25) is 5.02 Å². The number of rotatable bonds is 8. The Bertz CT molecular complexity index is 1170. The van der Waals surface area contributed by atoms with Gasteiger partial charge in [-0.15, -0.1) is 0 Å². The van der Waals surface area contributed by atoms with Crippen LogP contribution < -0.4 is 10.6 Å². The minimum absolute atomic E-state index is 0.0713. The maximum absolute atomic E-state index is 13.1. The summed E-state index contributed by atoms with van der Waals surface area (Å²) in [5, 5.41) is 6.42. The largest absolute Gasteiger partial charge is 0.352 e. The van der Waals surface area contributed by atoms with Gasteiger partial charge in [0.2, 0.25) is 15.9 Å². The van der Waals surface area contributed by atoms with Crippen molar-refractivity contribution in [3.63, 3.8) is 0 Å². The Morgan fingerprint density at radius 3 is 2.38 bits per heavy atom. The van der Waals surface area contributed by atoms with Crippen LogP contribution in [0.1, 0.15) is 28.8 Å². The normalized spacial score (nSPS) is 22.2. The molecule has 0 bridgehead atoms. The molecule has 1 saturated heterocycles. The van der Waals surface area contributed by atoms with Gasteiger partial charge in [-0.1, -0.05) is 30.3 Å². The minimum Gasteiger partial charge on any atom is -0.352 e. The van der Waals surface area contributed by atoms with E-state index in [1.165, 1.54) is 22.5 Å². The lowest BCUT2D eigenvalue weighted by Crippen LogP contribution is -2.35. The second-order valence-corrected chi connectivity index (χ2v) is 11.3. The van der Waals surface area contributed by atoms with Crippen molar-refractivity contribution in [3.8, 4) is 0 Å². The van der Waals surface area contributed by atoms with E-state index in [2.05, 4.69) is 17.2 Å². The minimum atomic E-state index is -3.64. The summed E-state index contributed by atoms with van der Waals surface area (Å²) in [6.07, 6.45) is 3.44. The number of sulfonamides is 1. The number of nitrogens with zero attached hydrogens (tertiary/aromatic N) is 1. The monoisotopic (exact) mass is 501 g/mol. The van der Waals surface area contributed by atoms with Gasteiger partial charge in [0.1, 0.15) is 0 Å². The maximum atomic E-state index is 13.1. The standard InChI is InChI=1S/C25H28ClN3O4S/c1-2-24(30)28-22-13-19-15-29(16-20(19)14-22)34(32,33)23-8-6-18(7-9-23)25(31)27-11-10-17-4-3-5-21(26)12-17/h2-9,12,19-20,22H,1,10-11,13-16H2,(H,27,31)(H,28,30). The van der Waals surface area contributed by atoms with E-state index in [1.807, 2.05) is 18.2 Å². The molecule has 7 nitrogen and oxygen atoms in total. The molecule has 2 aliphatic rings. The fourth-order valence-corrected chi connectivity index (χ4v) is 6.64. The molecular weight excluding hydrogens is 474 g/mol. The molecule has 0 radical (unpaired) electrons. The van der Waals surface area contributed by atoms with E-state index in [1.54, 1.807) is 18.2 Å². The number of benzene rings is 2. The number of carbonyl (C=O) groups excluding carboxylic acids is 2. The zero-order chi connectivity index (χ0) is 24.3. The van der Waals surface area contributed by atoms with Gasteiger partial charge in [-0.2, -0.15) is 4.31 Å². The molecule has 9 heteroatoms. The van der Waals surface area contributed by atoms with Gasteiger partial charge in [-0.05, 0) is 79.1 Å². The number of carbonyl (C=O) groups is 2. The van der Waals surface area contributed by atoms with Crippen LogP contribution in [0, 0.1) is 11.8 Å². The number of halogens is 1. The third-order valence-electron chi connectivity index (χ3n) is 6.59. The number of amides is 2. The van der Waals surface area contributed by atoms with Crippen LogP contribution in [0.15, 0.2) is 66.1 Å². The van der Waals surface area contributed by atoms with E-state index >= 15 is 0 Å². The first-order valence-electron chi connectivity index (χ1n) is 11.3. The third-order valence-corrected chi connectivity index (χ3v) is 8.67. The smallest absolute Gasteiger partial charge is 0.251 e. The SMILES string of the molecule is C=CC(=O)NC1CC2CN(S(=O)(=O)c3ccc(C(=O)NCCc4cccc(Cl)c4)cc3)CC2C1. The van der Waals surface area contributed by atoms with Gasteiger partial charge >= 0.3 is 0 Å². The van der Waals surface area contributed by atoms with Gasteiger partial charge in [0.05, 0.1) is 4.90 Å². The summed E-state index contributed by atoms with van der Waals surface area (Å²) in [5.74, 6) is 0.0150. The highest BCUT2D eigenvalue weighted by molar-refractivity contribution is 7.89. The first kappa shape index (κ1) is 24.4. The van der Waals surface area contributed by atoms with E-state index in [0.717, 1.165) is 18.4 Å². The zero-order valence-corrected chi connectivity index (χ0v) is 20.3. The van der Waals surface area contributed by atoms with Gasteiger partial charge < -0.3 is 10.6 Å². The summed E-state index contributed by atoms with van der Waals surface area (Å²) < 4.78 is 27.8. The molecule has 180 valence electrons. The number of hydrogen-bond donors (Lipinski definition) is 2. The van der Waals surface area contributed by atoms with Crippen molar-refractivity contribution < 1.29 is 18.0 Å². The maximum Gasteiger partial charge on any atom is 0.251 e. The fraction of sp³-hybridized carbons (Fsp3) is 0.360. The molecule has 34 heavy (non-hydrogen) atoms. The molecule has 0 aromatic heterocycles. The summed E-state index contributed by atoms with van der Waals surface area (Å²) in [5.41, 5.74) is 1.43. The van der Waals surface area contributed by atoms with E-state index in [4.69, 9.17) is 11.6 Å². The predicted octanol–water partition coefficient (Wildman–Crippen LogP) is 3.01. The van der Waals surface area contributed by atoms with Crippen LogP contribution in [-0.2, 0) is 21.2 Å². The predicted molar refractivity (Wildman–Crippen MR) is 131 cm³/mol. The van der Waals surface area contributed by atoms with Crippen LogP contribution in [-0.4, -0.2) is 50.2 Å². The lowest BCUT2D eigenvalue weighted by Gasteiger charge is -2.19. The Morgan fingerprint density at radius 1 is 1.09 bits per heavy atom. The zero-order valence-electron chi connectivity index (χ0n) is 18.7. The fourth-order valence-electron chi connectivity index (χ4n) is 4.87. The molecule has 1 heterocycles. The Kier molecular flexibility index (Phi) is 7.40. The summed E-state index contributed by atoms with van der Waals surface area (Å²) in [7, 11) is -3.64. The second kappa shape index (κ2) is 10.3. The van der Waals surface area contributed by atoms with Crippen molar-refractivity contribution in [1.29, 1.82) is 0 Å². The van der Waals surface area contributed by atoms with Crippen LogP contribution in [0.5, 0.6) is 0 Å². The lowest BCUT2D eigenvalue weighted by molar-refractivity contribution is -0.117. The number of nitrogens with one attached hydrogen (secondary N) is 2. The van der Waals surface area contributed by atoms with Gasteiger partial charge in [0, 0.05) is 36.3 Å². The molecule has 2 atom stereocenters. The molecule has 4 rings (SSSR count). The molecule has 2 N–H and O–H groups in total. The second-order valence-electron chi connectivity index (χ2n) is 8.88. The van der Waals surface area contributed by atoms with E-state index in [-0.39, 0.29) is 34.6 Å². The lowest BCUT2D eigenvalue weighted by atomic mass is 10.0. The number of fused-ring (bicyclic) bond motifs is 1. The molecule has 2 amide bonds. The number of hydrogen-bond acceptors (Lipinski definition) is 4. The summed E-state index contributed by atoms with van der Waals surface area (Å²) in [4.78, 5) is 24.2. The van der Waals surface area contributed by atoms with Crippen molar-refractivity contribution in [2.75, 3.05) is 19.6 Å². The average molecular weight is 502 g/mol. The van der Waals surface area contributed by atoms with Crippen LogP contribution in [0.3, 0.4) is 0 Å². The molecular formula is C25H28ClN3O4S. The van der Waals surface area contributed by atoms with Crippen molar-refractivity contribution in [1.82, 2.24) is 14.9 Å². The third kappa shape index (κ3) is 5.51. The van der Waals surface area contributed by atoms with Gasteiger partial charge in [0.15, 0.2) is 0 Å². The Labute approximate surface area is 205 Å². The van der Waals surface area contributed by atoms with Crippen LogP contribution >= 0.6 is 11.6 Å². The summed E-state index contributed by atoms with van der Waals surface area (Å²) >= 11 is 5.98. The van der Waals surface area contributed by atoms with Gasteiger partial charge in [-0.3, -0.25) is 9.59 Å². The molecule has 1 aliphatic heterocycles. The first-order chi connectivity index (χ1) is 16.3. The van der Waals surface area contributed by atoms with Crippen LogP contribution in [0.25, 0.3) is 0 Å². The Balaban J connectivity index is 1.31. The molecule has 2 fully saturated rings. The highest BCUT2D eigenvalue weighted by Crippen LogP contribution is 2.40. The molecule has 2 aromatic rings. The molecule has 1 aliphatic carbocycles. The van der Waals surface area contributed by atoms with E-state index in [9.17, 15) is 18.0 Å². The van der Waals surface area contributed by atoms with E-state index in [0.29, 0.717) is 36.6 Å². The van der Waals surface area contributed by atoms with Crippen LogP contribution in [0.4, 0.5) is 0 Å². The van der Waals surface area contributed by atoms with Crippen molar-refractivity contribution in [2.24, 2.45) is 11.8 Å². The molecule has 2 unspecified atom stereocenters. The van der Waals surface area contributed by atoms with Crippen molar-refractivity contribution >= 4 is 33.4 Å². The highest BCUT2D eigenvalue weighted by Gasteiger charge is 2.45. The quantitative estimate of drug-likeness (QED) is 0.543.